The van der Waals surface area contributed by atoms with Gasteiger partial charge in [-0.1, -0.05) is 47.5 Å². The first-order valence-electron chi connectivity index (χ1n) is 9.09. The summed E-state index contributed by atoms with van der Waals surface area (Å²) < 4.78 is 13.9. The smallest absolute Gasteiger partial charge is 0.227 e. The Morgan fingerprint density at radius 1 is 1.19 bits per heavy atom. The lowest BCUT2D eigenvalue weighted by Crippen LogP contribution is -2.43. The number of hydrogen-bond acceptors (Lipinski definition) is 2. The fourth-order valence-corrected chi connectivity index (χ4v) is 4.10. The molecule has 2 aromatic carbocycles. The van der Waals surface area contributed by atoms with E-state index in [1.807, 2.05) is 18.2 Å². The first-order valence-corrected chi connectivity index (χ1v) is 9.85. The average Bonchev–Trinajstić information content (AvgIpc) is 2.66. The number of likely N-dealkylation sites (tertiary alicyclic amines) is 1. The summed E-state index contributed by atoms with van der Waals surface area (Å²) in [6, 6.07) is 12.1. The maximum absolute atomic E-state index is 13.9. The van der Waals surface area contributed by atoms with E-state index in [0.717, 1.165) is 24.9 Å². The molecule has 1 saturated heterocycles. The Kier molecular flexibility index (Phi) is 6.74. The molecule has 1 heterocycles. The summed E-state index contributed by atoms with van der Waals surface area (Å²) in [5.74, 6) is -0.333. The van der Waals surface area contributed by atoms with Crippen LogP contribution in [0.25, 0.3) is 0 Å². The summed E-state index contributed by atoms with van der Waals surface area (Å²) >= 11 is 12.6. The minimum absolute atomic E-state index is 0.0493. The van der Waals surface area contributed by atoms with E-state index in [2.05, 4.69) is 4.90 Å². The molecule has 0 saturated carbocycles. The molecule has 1 aliphatic heterocycles. The predicted molar refractivity (Wildman–Crippen MR) is 107 cm³/mol. The highest BCUT2D eigenvalue weighted by Gasteiger charge is 2.28. The lowest BCUT2D eigenvalue weighted by molar-refractivity contribution is -0.136. The van der Waals surface area contributed by atoms with Crippen LogP contribution in [0.4, 0.5) is 4.39 Å². The van der Waals surface area contributed by atoms with Crippen molar-refractivity contribution in [3.05, 3.63) is 69.5 Å². The van der Waals surface area contributed by atoms with Gasteiger partial charge < -0.3 is 4.90 Å². The third-order valence-corrected chi connectivity index (χ3v) is 5.75. The molecule has 0 radical (unpaired) electrons. The van der Waals surface area contributed by atoms with Crippen LogP contribution >= 0.6 is 23.2 Å². The monoisotopic (exact) mass is 408 g/mol. The standard InChI is InChI=1S/C21H23Cl2FN2O/c1-25(12-15-6-2-3-10-20(15)24)21(27)16-7-5-11-26(13-16)14-17-18(22)8-4-9-19(17)23/h2-4,6,8-10,16H,5,7,11-14H2,1H3/t16-/m0/s1. The van der Waals surface area contributed by atoms with Gasteiger partial charge in [0, 0.05) is 47.9 Å². The van der Waals surface area contributed by atoms with Crippen LogP contribution in [0.3, 0.4) is 0 Å². The fraction of sp³-hybridized carbons (Fsp3) is 0.381. The van der Waals surface area contributed by atoms with Gasteiger partial charge in [0.1, 0.15) is 5.82 Å². The van der Waals surface area contributed by atoms with Crippen molar-refractivity contribution in [1.29, 1.82) is 0 Å². The van der Waals surface area contributed by atoms with Gasteiger partial charge in [-0.25, -0.2) is 4.39 Å². The maximum atomic E-state index is 13.9. The second-order valence-corrected chi connectivity index (χ2v) is 7.87. The molecule has 0 spiro atoms. The lowest BCUT2D eigenvalue weighted by Gasteiger charge is -2.34. The molecule has 6 heteroatoms. The largest absolute Gasteiger partial charge is 0.341 e. The third-order valence-electron chi connectivity index (χ3n) is 5.04. The molecule has 0 unspecified atom stereocenters. The van der Waals surface area contributed by atoms with Gasteiger partial charge in [-0.15, -0.1) is 0 Å². The van der Waals surface area contributed by atoms with Crippen LogP contribution in [0.1, 0.15) is 24.0 Å². The Bertz CT molecular complexity index is 794. The van der Waals surface area contributed by atoms with E-state index in [4.69, 9.17) is 23.2 Å². The number of carbonyl (C=O) groups excluding carboxylic acids is 1. The number of halogens is 3. The van der Waals surface area contributed by atoms with Gasteiger partial charge in [-0.05, 0) is 37.6 Å². The Balaban J connectivity index is 1.63. The van der Waals surface area contributed by atoms with Gasteiger partial charge in [0.2, 0.25) is 5.91 Å². The molecule has 0 aromatic heterocycles. The second kappa shape index (κ2) is 9.05. The second-order valence-electron chi connectivity index (χ2n) is 7.06. The minimum Gasteiger partial charge on any atom is -0.341 e. The summed E-state index contributed by atoms with van der Waals surface area (Å²) in [5, 5.41) is 1.29. The van der Waals surface area contributed by atoms with Crippen LogP contribution < -0.4 is 0 Å². The molecule has 2 aromatic rings. The Morgan fingerprint density at radius 3 is 2.59 bits per heavy atom. The molecule has 1 amide bonds. The number of carbonyl (C=O) groups is 1. The lowest BCUT2D eigenvalue weighted by atomic mass is 9.96. The molecule has 3 nitrogen and oxygen atoms in total. The van der Waals surface area contributed by atoms with Crippen molar-refractivity contribution in [2.75, 3.05) is 20.1 Å². The van der Waals surface area contributed by atoms with Crippen molar-refractivity contribution in [3.8, 4) is 0 Å². The molecule has 144 valence electrons. The summed E-state index contributed by atoms with van der Waals surface area (Å²) in [7, 11) is 1.73. The van der Waals surface area contributed by atoms with Crippen LogP contribution in [0.5, 0.6) is 0 Å². The number of amides is 1. The van der Waals surface area contributed by atoms with Crippen molar-refractivity contribution in [1.82, 2.24) is 9.80 Å². The summed E-state index contributed by atoms with van der Waals surface area (Å²) in [4.78, 5) is 16.7. The average molecular weight is 409 g/mol. The van der Waals surface area contributed by atoms with Crippen molar-refractivity contribution in [3.63, 3.8) is 0 Å². The summed E-state index contributed by atoms with van der Waals surface area (Å²) in [5.41, 5.74) is 1.43. The van der Waals surface area contributed by atoms with Gasteiger partial charge in [0.25, 0.3) is 0 Å². The van der Waals surface area contributed by atoms with Crippen molar-refractivity contribution in [2.24, 2.45) is 5.92 Å². The molecular weight excluding hydrogens is 386 g/mol. The minimum atomic E-state index is -0.282. The van der Waals surface area contributed by atoms with E-state index in [0.29, 0.717) is 28.7 Å². The highest BCUT2D eigenvalue weighted by atomic mass is 35.5. The zero-order chi connectivity index (χ0) is 19.4. The van der Waals surface area contributed by atoms with E-state index < -0.39 is 0 Å². The number of nitrogens with zero attached hydrogens (tertiary/aromatic N) is 2. The molecule has 1 atom stereocenters. The van der Waals surface area contributed by atoms with Crippen LogP contribution in [0.15, 0.2) is 42.5 Å². The van der Waals surface area contributed by atoms with E-state index in [9.17, 15) is 9.18 Å². The highest BCUT2D eigenvalue weighted by Crippen LogP contribution is 2.28. The molecule has 1 fully saturated rings. The molecule has 0 aliphatic carbocycles. The summed E-state index contributed by atoms with van der Waals surface area (Å²) in [6.07, 6.45) is 1.78. The van der Waals surface area contributed by atoms with Gasteiger partial charge in [-0.3, -0.25) is 9.69 Å². The molecular formula is C21H23Cl2FN2O. The first-order chi connectivity index (χ1) is 13.0. The number of hydrogen-bond donors (Lipinski definition) is 0. The van der Waals surface area contributed by atoms with E-state index >= 15 is 0 Å². The van der Waals surface area contributed by atoms with E-state index in [-0.39, 0.29) is 24.2 Å². The molecule has 0 bridgehead atoms. The maximum Gasteiger partial charge on any atom is 0.227 e. The number of benzene rings is 2. The SMILES string of the molecule is CN(Cc1ccccc1F)C(=O)[C@H]1CCCN(Cc2c(Cl)cccc2Cl)C1. The van der Waals surface area contributed by atoms with E-state index in [1.165, 1.54) is 6.07 Å². The number of piperidine rings is 1. The van der Waals surface area contributed by atoms with Gasteiger partial charge in [0.05, 0.1) is 5.92 Å². The third kappa shape index (κ3) is 5.01. The predicted octanol–water partition coefficient (Wildman–Crippen LogP) is 5.00. The van der Waals surface area contributed by atoms with Crippen LogP contribution in [-0.4, -0.2) is 35.8 Å². The number of rotatable bonds is 5. The van der Waals surface area contributed by atoms with Crippen LogP contribution in [0.2, 0.25) is 10.0 Å². The molecule has 0 N–H and O–H groups in total. The molecule has 27 heavy (non-hydrogen) atoms. The molecule has 3 rings (SSSR count). The quantitative estimate of drug-likeness (QED) is 0.694. The van der Waals surface area contributed by atoms with E-state index in [1.54, 1.807) is 30.1 Å². The van der Waals surface area contributed by atoms with Crippen LogP contribution in [0, 0.1) is 11.7 Å². The highest BCUT2D eigenvalue weighted by molar-refractivity contribution is 6.35. The topological polar surface area (TPSA) is 23.6 Å². The zero-order valence-corrected chi connectivity index (χ0v) is 16.8. The Hall–Kier alpha value is -1.62. The van der Waals surface area contributed by atoms with Crippen molar-refractivity contribution >= 4 is 29.1 Å². The van der Waals surface area contributed by atoms with Crippen LogP contribution in [-0.2, 0) is 17.9 Å². The van der Waals surface area contributed by atoms with Gasteiger partial charge in [0.15, 0.2) is 0 Å². The van der Waals surface area contributed by atoms with Gasteiger partial charge >= 0.3 is 0 Å². The Morgan fingerprint density at radius 2 is 1.89 bits per heavy atom. The fourth-order valence-electron chi connectivity index (χ4n) is 3.58. The normalized spacial score (nSPS) is 17.7. The summed E-state index contributed by atoms with van der Waals surface area (Å²) in [6.45, 7) is 2.46. The van der Waals surface area contributed by atoms with Crippen molar-refractivity contribution < 1.29 is 9.18 Å². The molecule has 1 aliphatic rings. The first kappa shape index (κ1) is 20.1. The van der Waals surface area contributed by atoms with Crippen molar-refractivity contribution in [2.45, 2.75) is 25.9 Å². The zero-order valence-electron chi connectivity index (χ0n) is 15.3. The Labute approximate surface area is 169 Å². The van der Waals surface area contributed by atoms with Gasteiger partial charge in [-0.2, -0.15) is 0 Å².